The maximum Gasteiger partial charge on any atom is 0.123 e. The minimum absolute atomic E-state index is 0.0128. The van der Waals surface area contributed by atoms with Gasteiger partial charge in [0.05, 0.1) is 12.1 Å². The SMILES string of the molecule is O[C@@H]1CCC=C[C@@H]1NCc1ccc(F)cc1. The zero-order valence-corrected chi connectivity index (χ0v) is 9.07. The summed E-state index contributed by atoms with van der Waals surface area (Å²) >= 11 is 0. The molecule has 1 aromatic carbocycles. The number of aliphatic hydroxyl groups excluding tert-OH is 1. The quantitative estimate of drug-likeness (QED) is 0.765. The second kappa shape index (κ2) is 5.23. The van der Waals surface area contributed by atoms with Crippen LogP contribution < -0.4 is 5.32 Å². The normalized spacial score (nSPS) is 24.6. The fourth-order valence-corrected chi connectivity index (χ4v) is 1.86. The first-order valence-electron chi connectivity index (χ1n) is 5.58. The van der Waals surface area contributed by atoms with Crippen molar-refractivity contribution in [2.24, 2.45) is 0 Å². The summed E-state index contributed by atoms with van der Waals surface area (Å²) in [5, 5.41) is 13.0. The molecule has 2 nitrogen and oxygen atoms in total. The van der Waals surface area contributed by atoms with Gasteiger partial charge in [0.2, 0.25) is 0 Å². The van der Waals surface area contributed by atoms with Crippen LogP contribution in [0.4, 0.5) is 4.39 Å². The lowest BCUT2D eigenvalue weighted by molar-refractivity contribution is 0.131. The van der Waals surface area contributed by atoms with Crippen LogP contribution in [0.5, 0.6) is 0 Å². The lowest BCUT2D eigenvalue weighted by atomic mass is 9.99. The van der Waals surface area contributed by atoms with E-state index in [0.717, 1.165) is 18.4 Å². The van der Waals surface area contributed by atoms with Crippen molar-refractivity contribution in [3.63, 3.8) is 0 Å². The molecule has 0 aliphatic heterocycles. The van der Waals surface area contributed by atoms with Gasteiger partial charge in [0, 0.05) is 6.54 Å². The van der Waals surface area contributed by atoms with Crippen LogP contribution in [0.3, 0.4) is 0 Å². The molecule has 1 aromatic rings. The molecule has 0 bridgehead atoms. The number of benzene rings is 1. The van der Waals surface area contributed by atoms with Gasteiger partial charge < -0.3 is 10.4 Å². The highest BCUT2D eigenvalue weighted by Crippen LogP contribution is 2.12. The number of allylic oxidation sites excluding steroid dienone is 1. The Labute approximate surface area is 94.8 Å². The molecule has 0 radical (unpaired) electrons. The van der Waals surface area contributed by atoms with Crippen LogP contribution in [0.1, 0.15) is 18.4 Å². The molecular weight excluding hydrogens is 205 g/mol. The van der Waals surface area contributed by atoms with Gasteiger partial charge in [-0.1, -0.05) is 24.3 Å². The fraction of sp³-hybridized carbons (Fsp3) is 0.385. The van der Waals surface area contributed by atoms with Gasteiger partial charge in [0.25, 0.3) is 0 Å². The molecule has 1 aliphatic carbocycles. The second-order valence-electron chi connectivity index (χ2n) is 4.11. The lowest BCUT2D eigenvalue weighted by Gasteiger charge is -2.24. The molecule has 86 valence electrons. The van der Waals surface area contributed by atoms with Gasteiger partial charge in [0.1, 0.15) is 5.82 Å². The van der Waals surface area contributed by atoms with Crippen molar-refractivity contribution >= 4 is 0 Å². The molecule has 0 amide bonds. The van der Waals surface area contributed by atoms with Gasteiger partial charge in [-0.2, -0.15) is 0 Å². The number of halogens is 1. The molecule has 16 heavy (non-hydrogen) atoms. The average Bonchev–Trinajstić information content (AvgIpc) is 2.30. The zero-order chi connectivity index (χ0) is 11.4. The van der Waals surface area contributed by atoms with Crippen LogP contribution in [0, 0.1) is 5.82 Å². The van der Waals surface area contributed by atoms with Crippen molar-refractivity contribution in [3.8, 4) is 0 Å². The monoisotopic (exact) mass is 221 g/mol. The Morgan fingerprint density at radius 1 is 1.31 bits per heavy atom. The van der Waals surface area contributed by atoms with E-state index in [2.05, 4.69) is 11.4 Å². The van der Waals surface area contributed by atoms with Crippen LogP contribution in [0.2, 0.25) is 0 Å². The van der Waals surface area contributed by atoms with Gasteiger partial charge in [0.15, 0.2) is 0 Å². The Morgan fingerprint density at radius 2 is 2.06 bits per heavy atom. The summed E-state index contributed by atoms with van der Waals surface area (Å²) in [7, 11) is 0. The summed E-state index contributed by atoms with van der Waals surface area (Å²) in [5.74, 6) is -0.221. The highest BCUT2D eigenvalue weighted by Gasteiger charge is 2.17. The van der Waals surface area contributed by atoms with Crippen molar-refractivity contribution in [1.82, 2.24) is 5.32 Å². The van der Waals surface area contributed by atoms with E-state index in [1.165, 1.54) is 12.1 Å². The van der Waals surface area contributed by atoms with Crippen LogP contribution in [0.15, 0.2) is 36.4 Å². The molecule has 0 aromatic heterocycles. The first-order chi connectivity index (χ1) is 7.75. The molecule has 0 fully saturated rings. The molecule has 2 rings (SSSR count). The topological polar surface area (TPSA) is 32.3 Å². The third kappa shape index (κ3) is 2.90. The third-order valence-corrected chi connectivity index (χ3v) is 2.84. The highest BCUT2D eigenvalue weighted by molar-refractivity contribution is 5.16. The molecule has 2 N–H and O–H groups in total. The Bertz CT molecular complexity index is 361. The van der Waals surface area contributed by atoms with Gasteiger partial charge >= 0.3 is 0 Å². The predicted molar refractivity (Wildman–Crippen MR) is 61.4 cm³/mol. The van der Waals surface area contributed by atoms with Crippen LogP contribution in [-0.4, -0.2) is 17.3 Å². The van der Waals surface area contributed by atoms with Crippen molar-refractivity contribution in [2.45, 2.75) is 31.5 Å². The van der Waals surface area contributed by atoms with Crippen molar-refractivity contribution in [3.05, 3.63) is 47.8 Å². The number of hydrogen-bond acceptors (Lipinski definition) is 2. The molecule has 2 atom stereocenters. The molecule has 1 aliphatic rings. The van der Waals surface area contributed by atoms with E-state index in [1.807, 2.05) is 6.08 Å². The maximum atomic E-state index is 12.7. The van der Waals surface area contributed by atoms with Crippen LogP contribution in [0.25, 0.3) is 0 Å². The Balaban J connectivity index is 1.89. The van der Waals surface area contributed by atoms with E-state index in [-0.39, 0.29) is 18.0 Å². The number of hydrogen-bond donors (Lipinski definition) is 2. The summed E-state index contributed by atoms with van der Waals surface area (Å²) in [6, 6.07) is 6.41. The van der Waals surface area contributed by atoms with Crippen LogP contribution >= 0.6 is 0 Å². The van der Waals surface area contributed by atoms with Crippen molar-refractivity contribution in [2.75, 3.05) is 0 Å². The molecule has 0 saturated carbocycles. The Morgan fingerprint density at radius 3 is 2.75 bits per heavy atom. The molecule has 3 heteroatoms. The first kappa shape index (κ1) is 11.3. The summed E-state index contributed by atoms with van der Waals surface area (Å²) in [4.78, 5) is 0. The molecule has 0 saturated heterocycles. The van der Waals surface area contributed by atoms with E-state index in [4.69, 9.17) is 0 Å². The second-order valence-corrected chi connectivity index (χ2v) is 4.11. The summed E-state index contributed by atoms with van der Waals surface area (Å²) < 4.78 is 12.7. The smallest absolute Gasteiger partial charge is 0.123 e. The molecule has 0 spiro atoms. The highest BCUT2D eigenvalue weighted by atomic mass is 19.1. The Kier molecular flexibility index (Phi) is 3.70. The average molecular weight is 221 g/mol. The number of rotatable bonds is 3. The summed E-state index contributed by atoms with van der Waals surface area (Å²) in [6.45, 7) is 0.645. The standard InChI is InChI=1S/C13H16FNO/c14-11-7-5-10(6-8-11)9-15-12-3-1-2-4-13(12)16/h1,3,5-8,12-13,15-16H,2,4,9H2/t12-,13+/m0/s1. The minimum Gasteiger partial charge on any atom is -0.391 e. The van der Waals surface area contributed by atoms with E-state index >= 15 is 0 Å². The van der Waals surface area contributed by atoms with Gasteiger partial charge in [-0.25, -0.2) is 4.39 Å². The van der Waals surface area contributed by atoms with Gasteiger partial charge in [-0.15, -0.1) is 0 Å². The van der Waals surface area contributed by atoms with E-state index < -0.39 is 0 Å². The number of aliphatic hydroxyl groups is 1. The molecule has 0 heterocycles. The van der Waals surface area contributed by atoms with E-state index in [0.29, 0.717) is 6.54 Å². The molecule has 0 unspecified atom stereocenters. The number of nitrogens with one attached hydrogen (secondary N) is 1. The largest absolute Gasteiger partial charge is 0.391 e. The fourth-order valence-electron chi connectivity index (χ4n) is 1.86. The minimum atomic E-state index is -0.314. The van der Waals surface area contributed by atoms with E-state index in [9.17, 15) is 9.50 Å². The zero-order valence-electron chi connectivity index (χ0n) is 9.07. The third-order valence-electron chi connectivity index (χ3n) is 2.84. The van der Waals surface area contributed by atoms with Crippen molar-refractivity contribution in [1.29, 1.82) is 0 Å². The van der Waals surface area contributed by atoms with Crippen LogP contribution in [-0.2, 0) is 6.54 Å². The lowest BCUT2D eigenvalue weighted by Crippen LogP contribution is -2.39. The summed E-state index contributed by atoms with van der Waals surface area (Å²) in [6.07, 6.45) is 5.51. The van der Waals surface area contributed by atoms with Gasteiger partial charge in [-0.05, 0) is 30.5 Å². The van der Waals surface area contributed by atoms with Crippen molar-refractivity contribution < 1.29 is 9.50 Å². The molecular formula is C13H16FNO. The van der Waals surface area contributed by atoms with Gasteiger partial charge in [-0.3, -0.25) is 0 Å². The van der Waals surface area contributed by atoms with E-state index in [1.54, 1.807) is 12.1 Å². The maximum absolute atomic E-state index is 12.7. The summed E-state index contributed by atoms with van der Waals surface area (Å²) in [5.41, 5.74) is 1.02. The predicted octanol–water partition coefficient (Wildman–Crippen LogP) is 1.99. The Hall–Kier alpha value is -1.19. The first-order valence-corrected chi connectivity index (χ1v) is 5.58.